The number of rotatable bonds is 4. The maximum absolute atomic E-state index is 15.4. The number of nitrogens with two attached hydrogens (primary N) is 2. The van der Waals surface area contributed by atoms with E-state index in [1.165, 1.54) is 0 Å². The first kappa shape index (κ1) is 24.8. The van der Waals surface area contributed by atoms with Crippen LogP contribution >= 0.6 is 23.2 Å². The van der Waals surface area contributed by atoms with E-state index in [1.807, 2.05) is 0 Å². The summed E-state index contributed by atoms with van der Waals surface area (Å²) in [5, 5.41) is 9.18. The van der Waals surface area contributed by atoms with E-state index in [0.717, 1.165) is 22.4 Å². The second kappa shape index (κ2) is 9.40. The van der Waals surface area contributed by atoms with E-state index in [1.54, 1.807) is 4.90 Å². The smallest absolute Gasteiger partial charge is 0.341 e. The average molecular weight is 528 g/mol. The first-order valence-electron chi connectivity index (χ1n) is 10.3. The van der Waals surface area contributed by atoms with Gasteiger partial charge in [-0.05, 0) is 24.5 Å². The van der Waals surface area contributed by atoms with E-state index < -0.39 is 51.4 Å². The number of anilines is 2. The van der Waals surface area contributed by atoms with Gasteiger partial charge in [0.15, 0.2) is 23.3 Å². The highest BCUT2D eigenvalue weighted by molar-refractivity contribution is 6.38. The second-order valence-corrected chi connectivity index (χ2v) is 8.70. The van der Waals surface area contributed by atoms with Crippen molar-refractivity contribution in [1.82, 2.24) is 9.55 Å². The molecule has 184 valence electrons. The third kappa shape index (κ3) is 4.30. The lowest BCUT2D eigenvalue weighted by atomic mass is 10.0. The van der Waals surface area contributed by atoms with Crippen LogP contribution in [0.25, 0.3) is 16.7 Å². The van der Waals surface area contributed by atoms with Crippen LogP contribution in [0.2, 0.25) is 5.02 Å². The maximum Gasteiger partial charge on any atom is 0.341 e. The fourth-order valence-electron chi connectivity index (χ4n) is 4.08. The molecular weight excluding hydrogens is 510 g/mol. The number of fused-ring (bicyclic) bond motifs is 1. The van der Waals surface area contributed by atoms with E-state index in [2.05, 4.69) is 4.98 Å². The van der Waals surface area contributed by atoms with Crippen molar-refractivity contribution in [2.75, 3.05) is 30.3 Å². The molecule has 4 rings (SSSR count). The third-order valence-electron chi connectivity index (χ3n) is 5.72. The minimum Gasteiger partial charge on any atom is -0.477 e. The maximum atomic E-state index is 15.4. The molecule has 1 aromatic carbocycles. The molecule has 1 aliphatic rings. The van der Waals surface area contributed by atoms with Gasteiger partial charge in [-0.1, -0.05) is 23.2 Å². The van der Waals surface area contributed by atoms with Crippen LogP contribution in [0.15, 0.2) is 33.7 Å². The van der Waals surface area contributed by atoms with Crippen molar-refractivity contribution in [1.29, 1.82) is 0 Å². The molecule has 0 spiro atoms. The molecule has 1 saturated heterocycles. The van der Waals surface area contributed by atoms with E-state index in [0.29, 0.717) is 30.5 Å². The normalized spacial score (nSPS) is 15.5. The number of hydrogen-bond donors (Lipinski definition) is 3. The van der Waals surface area contributed by atoms with Crippen LogP contribution in [0.5, 0.6) is 0 Å². The van der Waals surface area contributed by atoms with Gasteiger partial charge in [-0.2, -0.15) is 0 Å². The molecule has 0 atom stereocenters. The number of hydrogen-bond acceptors (Lipinski definition) is 6. The van der Waals surface area contributed by atoms with Crippen LogP contribution in [0.1, 0.15) is 23.2 Å². The minimum atomic E-state index is -1.65. The van der Waals surface area contributed by atoms with Gasteiger partial charge >= 0.3 is 5.97 Å². The number of nitrogens with zero attached hydrogens (tertiary/aromatic N) is 3. The number of benzene rings is 1. The molecule has 3 heterocycles. The van der Waals surface area contributed by atoms with Gasteiger partial charge in [0.2, 0.25) is 5.43 Å². The number of carboxylic acids is 1. The highest BCUT2D eigenvalue weighted by Crippen LogP contribution is 2.39. The van der Waals surface area contributed by atoms with Crippen LogP contribution < -0.4 is 21.8 Å². The second-order valence-electron chi connectivity index (χ2n) is 7.86. The zero-order valence-electron chi connectivity index (χ0n) is 17.9. The van der Waals surface area contributed by atoms with Crippen molar-refractivity contribution >= 4 is 51.6 Å². The Morgan fingerprint density at radius 3 is 2.57 bits per heavy atom. The Kier molecular flexibility index (Phi) is 6.67. The fraction of sp³-hybridized carbons (Fsp3) is 0.227. The van der Waals surface area contributed by atoms with Crippen LogP contribution in [0.4, 0.5) is 24.7 Å². The summed E-state index contributed by atoms with van der Waals surface area (Å²) in [4.78, 5) is 29.8. The van der Waals surface area contributed by atoms with Gasteiger partial charge in [0, 0.05) is 36.9 Å². The Labute approximate surface area is 206 Å². The summed E-state index contributed by atoms with van der Waals surface area (Å²) < 4.78 is 44.7. The number of halogens is 5. The molecular formula is C22H18Cl2F3N5O3. The number of piperidine rings is 1. The largest absolute Gasteiger partial charge is 0.477 e. The molecule has 35 heavy (non-hydrogen) atoms. The van der Waals surface area contributed by atoms with Gasteiger partial charge in [-0.25, -0.2) is 22.9 Å². The van der Waals surface area contributed by atoms with E-state index >= 15 is 4.39 Å². The Morgan fingerprint density at radius 1 is 1.20 bits per heavy atom. The topological polar surface area (TPSA) is 127 Å². The SMILES string of the molecule is NC/C(Cl)=C1/CCCN(c2c(F)cc3c(=O)c(C(=O)O)cn(-c4nc(N)c(F)cc4F)c3c2Cl)C1. The van der Waals surface area contributed by atoms with Crippen LogP contribution in [0.3, 0.4) is 0 Å². The lowest BCUT2D eigenvalue weighted by Crippen LogP contribution is -2.33. The number of aromatic nitrogens is 2. The summed E-state index contributed by atoms with van der Waals surface area (Å²) in [7, 11) is 0. The summed E-state index contributed by atoms with van der Waals surface area (Å²) in [6.45, 7) is 0.687. The van der Waals surface area contributed by atoms with Crippen LogP contribution in [-0.2, 0) is 0 Å². The fourth-order valence-corrected chi connectivity index (χ4v) is 4.64. The summed E-state index contributed by atoms with van der Waals surface area (Å²) in [6, 6.07) is 1.28. The molecule has 0 aliphatic carbocycles. The van der Waals surface area contributed by atoms with Crippen molar-refractivity contribution < 1.29 is 23.1 Å². The third-order valence-corrected chi connectivity index (χ3v) is 6.50. The number of pyridine rings is 2. The quantitative estimate of drug-likeness (QED) is 0.470. The Morgan fingerprint density at radius 2 is 1.91 bits per heavy atom. The molecule has 0 saturated carbocycles. The molecule has 8 nitrogen and oxygen atoms in total. The van der Waals surface area contributed by atoms with Gasteiger partial charge in [0.1, 0.15) is 11.4 Å². The van der Waals surface area contributed by atoms with E-state index in [-0.39, 0.29) is 29.3 Å². The molecule has 1 aliphatic heterocycles. The molecule has 0 amide bonds. The zero-order valence-corrected chi connectivity index (χ0v) is 19.4. The van der Waals surface area contributed by atoms with Gasteiger partial charge in [-0.3, -0.25) is 9.36 Å². The molecule has 2 aromatic heterocycles. The lowest BCUT2D eigenvalue weighted by molar-refractivity contribution is 0.0695. The summed E-state index contributed by atoms with van der Waals surface area (Å²) >= 11 is 12.8. The van der Waals surface area contributed by atoms with Crippen molar-refractivity contribution in [2.45, 2.75) is 12.8 Å². The monoisotopic (exact) mass is 527 g/mol. The van der Waals surface area contributed by atoms with Gasteiger partial charge in [0.25, 0.3) is 0 Å². The van der Waals surface area contributed by atoms with Crippen molar-refractivity contribution in [3.8, 4) is 5.82 Å². The van der Waals surface area contributed by atoms with Crippen molar-refractivity contribution in [3.05, 3.63) is 67.2 Å². The van der Waals surface area contributed by atoms with E-state index in [9.17, 15) is 23.5 Å². The minimum absolute atomic E-state index is 0.104. The summed E-state index contributed by atoms with van der Waals surface area (Å²) in [6.07, 6.45) is 2.04. The van der Waals surface area contributed by atoms with Gasteiger partial charge < -0.3 is 21.5 Å². The molecule has 0 radical (unpaired) electrons. The van der Waals surface area contributed by atoms with Gasteiger partial charge in [0.05, 0.1) is 21.6 Å². The summed E-state index contributed by atoms with van der Waals surface area (Å²) in [5.74, 6) is -6.20. The number of nitrogen functional groups attached to an aromatic ring is 1. The number of carbonyl (C=O) groups is 1. The molecule has 13 heteroatoms. The van der Waals surface area contributed by atoms with Crippen molar-refractivity contribution in [2.24, 2.45) is 5.73 Å². The summed E-state index contributed by atoms with van der Waals surface area (Å²) in [5.41, 5.74) is 9.72. The Hall–Kier alpha value is -3.28. The highest BCUT2D eigenvalue weighted by atomic mass is 35.5. The Balaban J connectivity index is 2.07. The molecule has 1 fully saturated rings. The highest BCUT2D eigenvalue weighted by Gasteiger charge is 2.28. The Bertz CT molecular complexity index is 1480. The average Bonchev–Trinajstić information content (AvgIpc) is 2.81. The molecule has 0 unspecified atom stereocenters. The molecule has 0 bridgehead atoms. The van der Waals surface area contributed by atoms with Crippen LogP contribution in [0, 0.1) is 17.5 Å². The number of carboxylic acid groups (broad SMARTS) is 1. The van der Waals surface area contributed by atoms with Crippen molar-refractivity contribution in [3.63, 3.8) is 0 Å². The lowest BCUT2D eigenvalue weighted by Gasteiger charge is -2.32. The number of aromatic carboxylic acids is 1. The first-order valence-corrected chi connectivity index (χ1v) is 11.0. The first-order chi connectivity index (χ1) is 16.5. The molecule has 3 aromatic rings. The zero-order chi connectivity index (χ0) is 25.6. The predicted molar refractivity (Wildman–Crippen MR) is 127 cm³/mol. The van der Waals surface area contributed by atoms with Crippen LogP contribution in [-0.4, -0.2) is 40.3 Å². The standard InChI is InChI=1S/C22H18Cl2F3N5O3/c23-12(6-28)9-2-1-3-31(7-9)18-13(25)4-10-17(16(18)24)32(8-11(19(10)33)22(34)35)21-15(27)5-14(26)20(29)30-21/h4-5,8H,1-3,6-7,28H2,(H2,29,30)(H,34,35)/b12-9+. The molecule has 5 N–H and O–H groups in total. The predicted octanol–water partition coefficient (Wildman–Crippen LogP) is 3.79. The van der Waals surface area contributed by atoms with Gasteiger partial charge in [-0.15, -0.1) is 0 Å². The van der Waals surface area contributed by atoms with E-state index in [4.69, 9.17) is 34.7 Å².